The lowest BCUT2D eigenvalue weighted by Gasteiger charge is -2.09. The first-order valence-electron chi connectivity index (χ1n) is 7.40. The number of ether oxygens (including phenoxy) is 1. The van der Waals surface area contributed by atoms with E-state index in [1.165, 1.54) is 0 Å². The predicted molar refractivity (Wildman–Crippen MR) is 97.1 cm³/mol. The lowest BCUT2D eigenvalue weighted by Crippen LogP contribution is -2.23. The molecule has 0 unspecified atom stereocenters. The standard InChI is InChI=1S/C18H20ClNO2S/c1-22-17-9-5-3-6-14(17)12-20-18(21)10-11-23-13-15-7-2-4-8-16(15)19/h2-9H,10-13H2,1H3,(H,20,21). The van der Waals surface area contributed by atoms with E-state index in [0.717, 1.165) is 33.4 Å². The van der Waals surface area contributed by atoms with Crippen LogP contribution in [0.1, 0.15) is 17.5 Å². The van der Waals surface area contributed by atoms with Gasteiger partial charge in [0, 0.05) is 35.1 Å². The molecule has 2 aromatic carbocycles. The van der Waals surface area contributed by atoms with Gasteiger partial charge in [-0.05, 0) is 17.7 Å². The van der Waals surface area contributed by atoms with Crippen molar-refractivity contribution in [2.24, 2.45) is 0 Å². The summed E-state index contributed by atoms with van der Waals surface area (Å²) >= 11 is 7.82. The Hall–Kier alpha value is -1.65. The molecular weight excluding hydrogens is 330 g/mol. The molecule has 1 N–H and O–H groups in total. The highest BCUT2D eigenvalue weighted by atomic mass is 35.5. The number of hydrogen-bond donors (Lipinski definition) is 1. The van der Waals surface area contributed by atoms with Gasteiger partial charge < -0.3 is 10.1 Å². The molecule has 0 fully saturated rings. The first-order valence-corrected chi connectivity index (χ1v) is 8.93. The van der Waals surface area contributed by atoms with Gasteiger partial charge in [0.2, 0.25) is 5.91 Å². The van der Waals surface area contributed by atoms with Crippen molar-refractivity contribution in [1.82, 2.24) is 5.32 Å². The second-order valence-electron chi connectivity index (χ2n) is 4.98. The molecule has 0 atom stereocenters. The number of carbonyl (C=O) groups is 1. The number of carbonyl (C=O) groups excluding carboxylic acids is 1. The molecule has 23 heavy (non-hydrogen) atoms. The van der Waals surface area contributed by atoms with Gasteiger partial charge in [0.1, 0.15) is 5.75 Å². The van der Waals surface area contributed by atoms with Crippen LogP contribution in [-0.2, 0) is 17.1 Å². The summed E-state index contributed by atoms with van der Waals surface area (Å²) in [6.07, 6.45) is 0.490. The van der Waals surface area contributed by atoms with Crippen molar-refractivity contribution in [3.05, 3.63) is 64.7 Å². The average molecular weight is 350 g/mol. The van der Waals surface area contributed by atoms with Gasteiger partial charge in [-0.15, -0.1) is 0 Å². The van der Waals surface area contributed by atoms with Gasteiger partial charge in [-0.3, -0.25) is 4.79 Å². The molecule has 0 aliphatic heterocycles. The average Bonchev–Trinajstić information content (AvgIpc) is 2.58. The maximum Gasteiger partial charge on any atom is 0.221 e. The van der Waals surface area contributed by atoms with Crippen LogP contribution in [0.5, 0.6) is 5.75 Å². The molecule has 3 nitrogen and oxygen atoms in total. The van der Waals surface area contributed by atoms with Crippen molar-refractivity contribution in [2.45, 2.75) is 18.7 Å². The molecule has 0 aliphatic carbocycles. The molecule has 122 valence electrons. The van der Waals surface area contributed by atoms with Crippen molar-refractivity contribution >= 4 is 29.3 Å². The van der Waals surface area contributed by atoms with E-state index in [1.807, 2.05) is 48.5 Å². The zero-order chi connectivity index (χ0) is 16.5. The number of amides is 1. The highest BCUT2D eigenvalue weighted by Gasteiger charge is 2.05. The Morgan fingerprint density at radius 2 is 1.83 bits per heavy atom. The maximum atomic E-state index is 11.9. The topological polar surface area (TPSA) is 38.3 Å². The molecule has 0 aromatic heterocycles. The molecule has 0 radical (unpaired) electrons. The van der Waals surface area contributed by atoms with Gasteiger partial charge in [-0.1, -0.05) is 48.0 Å². The number of methoxy groups -OCH3 is 1. The minimum absolute atomic E-state index is 0.0440. The highest BCUT2D eigenvalue weighted by Crippen LogP contribution is 2.21. The lowest BCUT2D eigenvalue weighted by atomic mass is 10.2. The van der Waals surface area contributed by atoms with Crippen LogP contribution < -0.4 is 10.1 Å². The van der Waals surface area contributed by atoms with Gasteiger partial charge in [0.05, 0.1) is 7.11 Å². The van der Waals surface area contributed by atoms with Crippen LogP contribution in [-0.4, -0.2) is 18.8 Å². The molecule has 0 aliphatic rings. The number of halogens is 1. The van der Waals surface area contributed by atoms with Crippen LogP contribution in [0, 0.1) is 0 Å². The fraction of sp³-hybridized carbons (Fsp3) is 0.278. The molecule has 0 saturated carbocycles. The summed E-state index contributed by atoms with van der Waals surface area (Å²) in [7, 11) is 1.63. The summed E-state index contributed by atoms with van der Waals surface area (Å²) < 4.78 is 5.27. The first kappa shape index (κ1) is 17.7. The number of thioether (sulfide) groups is 1. The largest absolute Gasteiger partial charge is 0.496 e. The molecule has 2 rings (SSSR count). The fourth-order valence-corrected chi connectivity index (χ4v) is 3.32. The van der Waals surface area contributed by atoms with Crippen LogP contribution >= 0.6 is 23.4 Å². The lowest BCUT2D eigenvalue weighted by molar-refractivity contribution is -0.120. The van der Waals surface area contributed by atoms with Crippen LogP contribution in [0.15, 0.2) is 48.5 Å². The normalized spacial score (nSPS) is 10.3. The Kier molecular flexibility index (Phi) is 7.30. The van der Waals surface area contributed by atoms with Gasteiger partial charge in [0.15, 0.2) is 0 Å². The van der Waals surface area contributed by atoms with E-state index in [4.69, 9.17) is 16.3 Å². The number of para-hydroxylation sites is 1. The minimum Gasteiger partial charge on any atom is -0.496 e. The summed E-state index contributed by atoms with van der Waals surface area (Å²) in [6, 6.07) is 15.5. The smallest absolute Gasteiger partial charge is 0.221 e. The van der Waals surface area contributed by atoms with Crippen molar-refractivity contribution < 1.29 is 9.53 Å². The van der Waals surface area contributed by atoms with Crippen molar-refractivity contribution in [1.29, 1.82) is 0 Å². The van der Waals surface area contributed by atoms with E-state index < -0.39 is 0 Å². The first-order chi connectivity index (χ1) is 11.2. The summed E-state index contributed by atoms with van der Waals surface area (Å²) in [5.74, 6) is 2.42. The van der Waals surface area contributed by atoms with Crippen LogP contribution in [0.3, 0.4) is 0 Å². The molecule has 0 spiro atoms. The third-order valence-corrected chi connectivity index (χ3v) is 4.73. The van der Waals surface area contributed by atoms with Gasteiger partial charge >= 0.3 is 0 Å². The van der Waals surface area contributed by atoms with E-state index >= 15 is 0 Å². The number of rotatable bonds is 8. The summed E-state index contributed by atoms with van der Waals surface area (Å²) in [5, 5.41) is 3.70. The molecule has 0 bridgehead atoms. The molecule has 0 heterocycles. The second kappa shape index (κ2) is 9.48. The van der Waals surface area contributed by atoms with Gasteiger partial charge in [0.25, 0.3) is 0 Å². The number of benzene rings is 2. The van der Waals surface area contributed by atoms with E-state index in [0.29, 0.717) is 13.0 Å². The number of hydrogen-bond acceptors (Lipinski definition) is 3. The van der Waals surface area contributed by atoms with Crippen molar-refractivity contribution in [3.8, 4) is 5.75 Å². The van der Waals surface area contributed by atoms with E-state index in [-0.39, 0.29) is 5.91 Å². The predicted octanol–water partition coefficient (Wildman–Crippen LogP) is 4.29. The summed E-state index contributed by atoms with van der Waals surface area (Å²) in [5.41, 5.74) is 2.08. The third kappa shape index (κ3) is 5.81. The van der Waals surface area contributed by atoms with Crippen molar-refractivity contribution in [2.75, 3.05) is 12.9 Å². The zero-order valence-corrected chi connectivity index (χ0v) is 14.6. The SMILES string of the molecule is COc1ccccc1CNC(=O)CCSCc1ccccc1Cl. The van der Waals surface area contributed by atoms with Crippen LogP contribution in [0.4, 0.5) is 0 Å². The molecule has 2 aromatic rings. The fourth-order valence-electron chi connectivity index (χ4n) is 2.09. The summed E-state index contributed by atoms with van der Waals surface area (Å²) in [4.78, 5) is 11.9. The Bertz CT molecular complexity index is 648. The van der Waals surface area contributed by atoms with E-state index in [1.54, 1.807) is 18.9 Å². The Morgan fingerprint density at radius 3 is 2.57 bits per heavy atom. The quantitative estimate of drug-likeness (QED) is 0.722. The monoisotopic (exact) mass is 349 g/mol. The minimum atomic E-state index is 0.0440. The van der Waals surface area contributed by atoms with Gasteiger partial charge in [-0.2, -0.15) is 11.8 Å². The Labute approximate surface area is 146 Å². The third-order valence-electron chi connectivity index (χ3n) is 3.36. The molecule has 1 amide bonds. The maximum absolute atomic E-state index is 11.9. The van der Waals surface area contributed by atoms with Crippen LogP contribution in [0.25, 0.3) is 0 Å². The van der Waals surface area contributed by atoms with E-state index in [9.17, 15) is 4.79 Å². The van der Waals surface area contributed by atoms with Crippen LogP contribution in [0.2, 0.25) is 5.02 Å². The molecule has 5 heteroatoms. The number of nitrogens with one attached hydrogen (secondary N) is 1. The zero-order valence-electron chi connectivity index (χ0n) is 13.0. The van der Waals surface area contributed by atoms with E-state index in [2.05, 4.69) is 5.32 Å². The molecule has 0 saturated heterocycles. The molecular formula is C18H20ClNO2S. The highest BCUT2D eigenvalue weighted by molar-refractivity contribution is 7.98. The Morgan fingerprint density at radius 1 is 1.13 bits per heavy atom. The van der Waals surface area contributed by atoms with Crippen molar-refractivity contribution in [3.63, 3.8) is 0 Å². The van der Waals surface area contributed by atoms with Gasteiger partial charge in [-0.25, -0.2) is 0 Å². The second-order valence-corrected chi connectivity index (χ2v) is 6.49. The Balaban J connectivity index is 1.68. The summed E-state index contributed by atoms with van der Waals surface area (Å²) in [6.45, 7) is 0.484.